The molecule has 4 nitrogen and oxygen atoms in total. The molecule has 0 aromatic heterocycles. The van der Waals surface area contributed by atoms with Crippen molar-refractivity contribution in [3.8, 4) is 0 Å². The average Bonchev–Trinajstić information content (AvgIpc) is 2.83. The second-order valence-corrected chi connectivity index (χ2v) is 8.32. The molecule has 0 saturated heterocycles. The van der Waals surface area contributed by atoms with E-state index in [9.17, 15) is 9.59 Å². The summed E-state index contributed by atoms with van der Waals surface area (Å²) in [5.74, 6) is -1.03. The number of carbonyl (C=O) groups excluding carboxylic acids is 2. The van der Waals surface area contributed by atoms with Gasteiger partial charge in [0.25, 0.3) is 0 Å². The van der Waals surface area contributed by atoms with Crippen molar-refractivity contribution in [2.45, 2.75) is 10.8 Å². The number of rotatable bonds is 2. The van der Waals surface area contributed by atoms with Crippen LogP contribution < -0.4 is 0 Å². The van der Waals surface area contributed by atoms with Gasteiger partial charge in [0.15, 0.2) is 0 Å². The summed E-state index contributed by atoms with van der Waals surface area (Å²) in [4.78, 5) is 35.2. The van der Waals surface area contributed by atoms with Crippen molar-refractivity contribution in [1.82, 2.24) is 0 Å². The van der Waals surface area contributed by atoms with E-state index in [-0.39, 0.29) is 11.4 Å². The first kappa shape index (κ1) is 20.6. The summed E-state index contributed by atoms with van der Waals surface area (Å²) in [6, 6.07) is 26.4. The highest BCUT2D eigenvalue weighted by molar-refractivity contribution is 6.79. The van der Waals surface area contributed by atoms with Crippen molar-refractivity contribution in [3.63, 3.8) is 0 Å². The summed E-state index contributed by atoms with van der Waals surface area (Å²) in [5.41, 5.74) is 0.987. The first-order valence-electron chi connectivity index (χ1n) is 10.0. The standard InChI is InChI=1S/C26H16Cl2N2O2/c27-21-23(29-19-13-5-9-15-7-1-3-11-17(15)19)25(31)22(28)24(26(21)32)30-20-14-6-10-16-8-2-4-12-18(16)20/h1-14,21-22H. The van der Waals surface area contributed by atoms with Crippen LogP contribution in [-0.2, 0) is 9.59 Å². The van der Waals surface area contributed by atoms with E-state index in [4.69, 9.17) is 23.2 Å². The molecule has 32 heavy (non-hydrogen) atoms. The lowest BCUT2D eigenvalue weighted by Gasteiger charge is -2.23. The second kappa shape index (κ2) is 8.30. The van der Waals surface area contributed by atoms with E-state index >= 15 is 0 Å². The van der Waals surface area contributed by atoms with E-state index in [2.05, 4.69) is 9.98 Å². The molecule has 6 heteroatoms. The zero-order valence-corrected chi connectivity index (χ0v) is 18.2. The molecular formula is C26H16Cl2N2O2. The fourth-order valence-electron chi connectivity index (χ4n) is 3.85. The van der Waals surface area contributed by atoms with Gasteiger partial charge in [-0.1, -0.05) is 72.8 Å². The van der Waals surface area contributed by atoms with E-state index in [1.807, 2.05) is 72.8 Å². The van der Waals surface area contributed by atoms with E-state index in [0.29, 0.717) is 11.4 Å². The predicted octanol–water partition coefficient (Wildman–Crippen LogP) is 6.20. The quantitative estimate of drug-likeness (QED) is 0.335. The molecule has 4 aromatic carbocycles. The Kier molecular flexibility index (Phi) is 5.33. The van der Waals surface area contributed by atoms with Crippen molar-refractivity contribution >= 4 is 79.1 Å². The zero-order chi connectivity index (χ0) is 22.2. The molecule has 1 aliphatic carbocycles. The van der Waals surface area contributed by atoms with E-state index in [1.54, 1.807) is 12.1 Å². The molecule has 0 bridgehead atoms. The minimum absolute atomic E-state index is 0.0649. The molecule has 0 aliphatic heterocycles. The summed E-state index contributed by atoms with van der Waals surface area (Å²) in [5, 5.41) is 1.13. The fourth-order valence-corrected chi connectivity index (χ4v) is 4.39. The van der Waals surface area contributed by atoms with Crippen LogP contribution in [0.3, 0.4) is 0 Å². The van der Waals surface area contributed by atoms with Gasteiger partial charge in [-0.25, -0.2) is 9.98 Å². The number of benzene rings is 4. The summed E-state index contributed by atoms with van der Waals surface area (Å²) in [6.07, 6.45) is 0. The van der Waals surface area contributed by atoms with Crippen LogP contribution in [0.25, 0.3) is 21.5 Å². The van der Waals surface area contributed by atoms with Gasteiger partial charge in [-0.05, 0) is 22.9 Å². The molecule has 156 valence electrons. The SMILES string of the molecule is O=C1C(=Nc2cccc3ccccc23)C(Cl)C(=O)C(=Nc2cccc3ccccc23)C1Cl. The van der Waals surface area contributed by atoms with Gasteiger partial charge < -0.3 is 0 Å². The Morgan fingerprint density at radius 3 is 1.34 bits per heavy atom. The number of carbonyl (C=O) groups is 2. The van der Waals surface area contributed by atoms with Crippen molar-refractivity contribution in [2.75, 3.05) is 0 Å². The molecule has 0 heterocycles. The third kappa shape index (κ3) is 3.52. The molecule has 0 spiro atoms. The van der Waals surface area contributed by atoms with Gasteiger partial charge in [-0.3, -0.25) is 9.59 Å². The van der Waals surface area contributed by atoms with Gasteiger partial charge in [0.1, 0.15) is 22.2 Å². The smallest absolute Gasteiger partial charge is 0.203 e. The lowest BCUT2D eigenvalue weighted by molar-refractivity contribution is -0.116. The van der Waals surface area contributed by atoms with E-state index in [1.165, 1.54) is 0 Å². The Morgan fingerprint density at radius 2 is 0.906 bits per heavy atom. The average molecular weight is 459 g/mol. The third-order valence-electron chi connectivity index (χ3n) is 5.46. The van der Waals surface area contributed by atoms with Crippen LogP contribution >= 0.6 is 23.2 Å². The molecule has 1 fully saturated rings. The first-order chi connectivity index (χ1) is 15.5. The Bertz CT molecular complexity index is 1340. The summed E-state index contributed by atoms with van der Waals surface area (Å²) in [6.45, 7) is 0. The monoisotopic (exact) mass is 458 g/mol. The Morgan fingerprint density at radius 1 is 0.531 bits per heavy atom. The second-order valence-electron chi connectivity index (χ2n) is 7.44. The zero-order valence-electron chi connectivity index (χ0n) is 16.7. The molecule has 1 aliphatic rings. The van der Waals surface area contributed by atoms with Gasteiger partial charge in [-0.2, -0.15) is 0 Å². The van der Waals surface area contributed by atoms with Gasteiger partial charge in [0.05, 0.1) is 11.4 Å². The van der Waals surface area contributed by atoms with Crippen molar-refractivity contribution in [3.05, 3.63) is 84.9 Å². The largest absolute Gasteiger partial charge is 0.291 e. The number of ketones is 2. The molecule has 2 unspecified atom stereocenters. The number of Topliss-reactive ketones (excluding diaryl/α,β-unsaturated/α-hetero) is 2. The maximum atomic E-state index is 13.1. The maximum Gasteiger partial charge on any atom is 0.203 e. The molecule has 0 amide bonds. The maximum absolute atomic E-state index is 13.1. The molecule has 4 aromatic rings. The molecular weight excluding hydrogens is 443 g/mol. The van der Waals surface area contributed by atoms with Crippen LogP contribution in [-0.4, -0.2) is 33.7 Å². The normalized spacial score (nSPS) is 21.7. The fraction of sp³-hybridized carbons (Fsp3) is 0.0769. The Labute approximate surface area is 194 Å². The van der Waals surface area contributed by atoms with Crippen molar-refractivity contribution < 1.29 is 9.59 Å². The molecule has 1 saturated carbocycles. The van der Waals surface area contributed by atoms with Gasteiger partial charge in [0, 0.05) is 10.8 Å². The Balaban J connectivity index is 1.58. The minimum Gasteiger partial charge on any atom is -0.291 e. The molecule has 0 radical (unpaired) electrons. The minimum atomic E-state index is -1.26. The molecule has 5 rings (SSSR count). The summed E-state index contributed by atoms with van der Waals surface area (Å²) in [7, 11) is 0. The first-order valence-corrected chi connectivity index (χ1v) is 10.9. The number of hydrogen-bond acceptors (Lipinski definition) is 4. The Hall–Kier alpha value is -3.34. The van der Waals surface area contributed by atoms with Crippen LogP contribution in [0, 0.1) is 0 Å². The van der Waals surface area contributed by atoms with Crippen LogP contribution in [0.1, 0.15) is 0 Å². The number of hydrogen-bond donors (Lipinski definition) is 0. The van der Waals surface area contributed by atoms with Crippen LogP contribution in [0.2, 0.25) is 0 Å². The summed E-state index contributed by atoms with van der Waals surface area (Å²) < 4.78 is 0. The number of fused-ring (bicyclic) bond motifs is 2. The van der Waals surface area contributed by atoms with Crippen LogP contribution in [0.15, 0.2) is 94.9 Å². The van der Waals surface area contributed by atoms with Gasteiger partial charge >= 0.3 is 0 Å². The molecule has 0 N–H and O–H groups in total. The number of nitrogens with zero attached hydrogens (tertiary/aromatic N) is 2. The number of aliphatic imine (C=N–C) groups is 2. The topological polar surface area (TPSA) is 58.9 Å². The van der Waals surface area contributed by atoms with Crippen molar-refractivity contribution in [1.29, 1.82) is 0 Å². The van der Waals surface area contributed by atoms with Gasteiger partial charge in [0.2, 0.25) is 11.6 Å². The third-order valence-corrected chi connectivity index (χ3v) is 6.27. The van der Waals surface area contributed by atoms with Gasteiger partial charge in [-0.15, -0.1) is 23.2 Å². The van der Waals surface area contributed by atoms with Crippen LogP contribution in [0.5, 0.6) is 0 Å². The van der Waals surface area contributed by atoms with Crippen molar-refractivity contribution in [2.24, 2.45) is 9.98 Å². The predicted molar refractivity (Wildman–Crippen MR) is 131 cm³/mol. The highest BCUT2D eigenvalue weighted by atomic mass is 35.5. The van der Waals surface area contributed by atoms with E-state index in [0.717, 1.165) is 21.5 Å². The van der Waals surface area contributed by atoms with Crippen LogP contribution in [0.4, 0.5) is 11.4 Å². The highest BCUT2D eigenvalue weighted by Crippen LogP contribution is 2.31. The number of alkyl halides is 2. The number of halogens is 2. The van der Waals surface area contributed by atoms with E-state index < -0.39 is 22.3 Å². The summed E-state index contributed by atoms with van der Waals surface area (Å²) >= 11 is 12.9. The lowest BCUT2D eigenvalue weighted by atomic mass is 9.92. The lowest BCUT2D eigenvalue weighted by Crippen LogP contribution is -2.50. The molecule has 2 atom stereocenters. The highest BCUT2D eigenvalue weighted by Gasteiger charge is 2.44.